The highest BCUT2D eigenvalue weighted by Crippen LogP contribution is 2.55. The molecule has 0 unspecified atom stereocenters. The lowest BCUT2D eigenvalue weighted by Gasteiger charge is -2.57. The van der Waals surface area contributed by atoms with Crippen molar-refractivity contribution in [2.45, 2.75) is 50.6 Å². The van der Waals surface area contributed by atoms with Crippen molar-refractivity contribution < 1.29 is 0 Å². The van der Waals surface area contributed by atoms with Crippen LogP contribution < -0.4 is 5.32 Å². The Labute approximate surface area is 109 Å². The van der Waals surface area contributed by atoms with Crippen molar-refractivity contribution >= 4 is 0 Å². The van der Waals surface area contributed by atoms with E-state index in [1.807, 2.05) is 17.9 Å². The van der Waals surface area contributed by atoms with E-state index >= 15 is 0 Å². The number of nitrogens with one attached hydrogen (secondary N) is 1. The van der Waals surface area contributed by atoms with Gasteiger partial charge in [-0.2, -0.15) is 5.10 Å². The van der Waals surface area contributed by atoms with Crippen LogP contribution >= 0.6 is 0 Å². The summed E-state index contributed by atoms with van der Waals surface area (Å²) in [6.07, 6.45) is 10.9. The first-order valence-corrected chi connectivity index (χ1v) is 7.44. The van der Waals surface area contributed by atoms with Gasteiger partial charge in [0.1, 0.15) is 0 Å². The molecule has 1 aromatic rings. The number of nitrogens with zero attached hydrogens (tertiary/aromatic N) is 2. The molecule has 0 atom stereocenters. The minimum absolute atomic E-state index is 0.465. The highest BCUT2D eigenvalue weighted by molar-refractivity contribution is 5.08. The van der Waals surface area contributed by atoms with Crippen LogP contribution in [0.25, 0.3) is 0 Å². The zero-order chi connectivity index (χ0) is 12.2. The van der Waals surface area contributed by atoms with Gasteiger partial charge in [0.15, 0.2) is 0 Å². The number of aryl methyl sites for hydroxylation is 1. The summed E-state index contributed by atoms with van der Waals surface area (Å²) in [5.74, 6) is 3.06. The fourth-order valence-electron chi connectivity index (χ4n) is 5.16. The summed E-state index contributed by atoms with van der Waals surface area (Å²) >= 11 is 0. The van der Waals surface area contributed by atoms with Gasteiger partial charge in [-0.25, -0.2) is 0 Å². The summed E-state index contributed by atoms with van der Waals surface area (Å²) < 4.78 is 1.90. The fraction of sp³-hybridized carbons (Fsp3) is 0.800. The molecule has 0 aromatic carbocycles. The molecule has 3 nitrogen and oxygen atoms in total. The Morgan fingerprint density at radius 2 is 1.83 bits per heavy atom. The lowest BCUT2D eigenvalue weighted by molar-refractivity contribution is -0.0207. The van der Waals surface area contributed by atoms with E-state index in [1.54, 1.807) is 0 Å². The van der Waals surface area contributed by atoms with Crippen molar-refractivity contribution in [2.24, 2.45) is 24.8 Å². The minimum atomic E-state index is 0.465. The first-order chi connectivity index (χ1) is 8.71. The molecule has 98 valence electrons. The lowest BCUT2D eigenvalue weighted by Crippen LogP contribution is -2.58. The Morgan fingerprint density at radius 3 is 2.33 bits per heavy atom. The van der Waals surface area contributed by atoms with Crippen LogP contribution in [0.5, 0.6) is 0 Å². The predicted molar refractivity (Wildman–Crippen MR) is 71.0 cm³/mol. The van der Waals surface area contributed by atoms with Gasteiger partial charge in [0.2, 0.25) is 0 Å². The van der Waals surface area contributed by atoms with Gasteiger partial charge < -0.3 is 5.32 Å². The fourth-order valence-corrected chi connectivity index (χ4v) is 5.16. The van der Waals surface area contributed by atoms with Crippen LogP contribution in [-0.2, 0) is 13.6 Å². The Hall–Kier alpha value is -0.830. The van der Waals surface area contributed by atoms with Crippen molar-refractivity contribution in [3.63, 3.8) is 0 Å². The van der Waals surface area contributed by atoms with E-state index in [-0.39, 0.29) is 0 Å². The molecule has 1 N–H and O–H groups in total. The van der Waals surface area contributed by atoms with Gasteiger partial charge in [-0.1, -0.05) is 0 Å². The largest absolute Gasteiger partial charge is 0.306 e. The van der Waals surface area contributed by atoms with Crippen molar-refractivity contribution in [2.75, 3.05) is 0 Å². The van der Waals surface area contributed by atoms with E-state index in [2.05, 4.69) is 16.5 Å². The first kappa shape index (κ1) is 11.0. The van der Waals surface area contributed by atoms with Crippen molar-refractivity contribution in [3.8, 4) is 0 Å². The molecule has 4 fully saturated rings. The Balaban J connectivity index is 1.47. The van der Waals surface area contributed by atoms with E-state index < -0.39 is 0 Å². The van der Waals surface area contributed by atoms with Crippen molar-refractivity contribution in [3.05, 3.63) is 18.0 Å². The molecule has 0 radical (unpaired) electrons. The van der Waals surface area contributed by atoms with E-state index in [9.17, 15) is 0 Å². The van der Waals surface area contributed by atoms with E-state index in [0.717, 1.165) is 24.3 Å². The van der Waals surface area contributed by atoms with Gasteiger partial charge in [-0.05, 0) is 62.3 Å². The molecule has 5 rings (SSSR count). The standard InChI is InChI=1S/C15H23N3/c1-18-3-2-14(17-18)10-16-15-7-11-4-12(8-15)6-13(5-11)9-15/h2-3,11-13,16H,4-10H2,1H3. The predicted octanol–water partition coefficient (Wildman–Crippen LogP) is 2.48. The third-order valence-corrected chi connectivity index (χ3v) is 5.45. The molecular weight excluding hydrogens is 222 g/mol. The van der Waals surface area contributed by atoms with Gasteiger partial charge in [-0.15, -0.1) is 0 Å². The number of hydrogen-bond donors (Lipinski definition) is 1. The zero-order valence-corrected chi connectivity index (χ0v) is 11.2. The number of aromatic nitrogens is 2. The molecule has 4 aliphatic carbocycles. The second-order valence-corrected chi connectivity index (χ2v) is 7.03. The maximum absolute atomic E-state index is 4.48. The third kappa shape index (κ3) is 1.80. The molecule has 4 aliphatic rings. The third-order valence-electron chi connectivity index (χ3n) is 5.45. The SMILES string of the molecule is Cn1ccc(CNC23CC4CC(CC(C4)C2)C3)n1. The highest BCUT2D eigenvalue weighted by atomic mass is 15.3. The van der Waals surface area contributed by atoms with Crippen LogP contribution in [0, 0.1) is 17.8 Å². The monoisotopic (exact) mass is 245 g/mol. The second kappa shape index (κ2) is 3.83. The summed E-state index contributed by atoms with van der Waals surface area (Å²) in [5.41, 5.74) is 1.65. The first-order valence-electron chi connectivity index (χ1n) is 7.44. The topological polar surface area (TPSA) is 29.9 Å². The highest BCUT2D eigenvalue weighted by Gasteiger charge is 2.50. The molecule has 1 aromatic heterocycles. The number of hydrogen-bond acceptors (Lipinski definition) is 2. The quantitative estimate of drug-likeness (QED) is 0.886. The molecule has 0 amide bonds. The molecular formula is C15H23N3. The van der Waals surface area contributed by atoms with Crippen molar-refractivity contribution in [1.29, 1.82) is 0 Å². The average molecular weight is 245 g/mol. The lowest BCUT2D eigenvalue weighted by atomic mass is 9.53. The minimum Gasteiger partial charge on any atom is -0.306 e. The van der Waals surface area contributed by atoms with E-state index in [0.29, 0.717) is 5.54 Å². The smallest absolute Gasteiger partial charge is 0.0762 e. The molecule has 0 aliphatic heterocycles. The Morgan fingerprint density at radius 1 is 1.22 bits per heavy atom. The van der Waals surface area contributed by atoms with E-state index in [4.69, 9.17) is 0 Å². The normalized spacial score (nSPS) is 41.5. The summed E-state index contributed by atoms with van der Waals surface area (Å²) in [5, 5.41) is 8.36. The van der Waals surface area contributed by atoms with Crippen molar-refractivity contribution in [1.82, 2.24) is 15.1 Å². The van der Waals surface area contributed by atoms with Crippen LogP contribution in [-0.4, -0.2) is 15.3 Å². The molecule has 0 saturated heterocycles. The average Bonchev–Trinajstić information content (AvgIpc) is 2.71. The Kier molecular flexibility index (Phi) is 2.35. The molecule has 1 heterocycles. The van der Waals surface area contributed by atoms with Gasteiger partial charge in [0, 0.05) is 25.3 Å². The molecule has 4 saturated carbocycles. The molecule has 4 bridgehead atoms. The van der Waals surface area contributed by atoms with Crippen LogP contribution in [0.15, 0.2) is 12.3 Å². The second-order valence-electron chi connectivity index (χ2n) is 7.03. The molecule has 18 heavy (non-hydrogen) atoms. The summed E-state index contributed by atoms with van der Waals surface area (Å²) in [4.78, 5) is 0. The van der Waals surface area contributed by atoms with E-state index in [1.165, 1.54) is 44.2 Å². The van der Waals surface area contributed by atoms with Gasteiger partial charge in [0.25, 0.3) is 0 Å². The molecule has 0 spiro atoms. The Bertz CT molecular complexity index is 413. The van der Waals surface area contributed by atoms with Crippen LogP contribution in [0.1, 0.15) is 44.2 Å². The maximum Gasteiger partial charge on any atom is 0.0762 e. The summed E-state index contributed by atoms with van der Waals surface area (Å²) in [7, 11) is 1.99. The van der Waals surface area contributed by atoms with Crippen LogP contribution in [0.3, 0.4) is 0 Å². The van der Waals surface area contributed by atoms with Crippen LogP contribution in [0.4, 0.5) is 0 Å². The molecule has 3 heteroatoms. The summed E-state index contributed by atoms with van der Waals surface area (Å²) in [6.45, 7) is 0.951. The van der Waals surface area contributed by atoms with Gasteiger partial charge in [-0.3, -0.25) is 4.68 Å². The van der Waals surface area contributed by atoms with Gasteiger partial charge in [0.05, 0.1) is 5.69 Å². The maximum atomic E-state index is 4.48. The zero-order valence-electron chi connectivity index (χ0n) is 11.2. The summed E-state index contributed by atoms with van der Waals surface area (Å²) in [6, 6.07) is 2.13. The number of rotatable bonds is 3. The van der Waals surface area contributed by atoms with Crippen LogP contribution in [0.2, 0.25) is 0 Å². The van der Waals surface area contributed by atoms with Gasteiger partial charge >= 0.3 is 0 Å².